The van der Waals surface area contributed by atoms with Crippen LogP contribution in [0, 0.1) is 0 Å². The number of methoxy groups -OCH3 is 1. The first-order valence-corrected chi connectivity index (χ1v) is 7.27. The molecule has 0 saturated heterocycles. The summed E-state index contributed by atoms with van der Waals surface area (Å²) in [6.07, 6.45) is -9.93. The van der Waals surface area contributed by atoms with Crippen molar-refractivity contribution >= 4 is 13.6 Å². The lowest BCUT2D eigenvalue weighted by Crippen LogP contribution is -2.20. The second-order valence-corrected chi connectivity index (χ2v) is 6.05. The van der Waals surface area contributed by atoms with Gasteiger partial charge in [-0.2, -0.15) is 26.3 Å². The summed E-state index contributed by atoms with van der Waals surface area (Å²) >= 11 is 0. The first kappa shape index (κ1) is 20.9. The summed E-state index contributed by atoms with van der Waals surface area (Å²) < 4.78 is 96.2. The Balaban J connectivity index is 5.00. The van der Waals surface area contributed by atoms with Gasteiger partial charge in [0.25, 0.3) is 0 Å². The lowest BCUT2D eigenvalue weighted by atomic mass is 10.3. The topological polar surface area (TPSA) is 61.8 Å². The zero-order chi connectivity index (χ0) is 17.6. The van der Waals surface area contributed by atoms with Crippen LogP contribution in [0.15, 0.2) is 11.6 Å². The van der Waals surface area contributed by atoms with Gasteiger partial charge in [-0.1, -0.05) is 6.08 Å². The van der Waals surface area contributed by atoms with Crippen LogP contribution in [-0.4, -0.2) is 44.8 Å². The monoisotopic (exact) mass is 358 g/mol. The molecule has 0 aliphatic heterocycles. The van der Waals surface area contributed by atoms with E-state index in [1.807, 2.05) is 0 Å². The van der Waals surface area contributed by atoms with Crippen LogP contribution in [0.1, 0.15) is 6.92 Å². The summed E-state index contributed by atoms with van der Waals surface area (Å²) in [5, 5.41) is 0. The number of rotatable bonds is 7. The highest BCUT2D eigenvalue weighted by molar-refractivity contribution is 7.54. The number of alkyl halides is 6. The maximum absolute atomic E-state index is 12.0. The number of ether oxygens (including phenoxy) is 1. The van der Waals surface area contributed by atoms with Crippen LogP contribution < -0.4 is 0 Å². The third kappa shape index (κ3) is 9.80. The van der Waals surface area contributed by atoms with E-state index in [1.54, 1.807) is 0 Å². The number of carbonyl (C=O) groups is 1. The standard InChI is InChI=1S/C10H13F6O5P/c1-7(8(17)19-2)3-4-22(18,20-5-9(11,12)13)21-6-10(14,15)16/h3H,4-6H2,1-2H3/b7-3+. The van der Waals surface area contributed by atoms with E-state index in [0.717, 1.165) is 13.2 Å². The Hall–Kier alpha value is -1.06. The van der Waals surface area contributed by atoms with Crippen molar-refractivity contribution in [2.45, 2.75) is 19.3 Å². The van der Waals surface area contributed by atoms with Gasteiger partial charge in [0.05, 0.1) is 13.3 Å². The van der Waals surface area contributed by atoms with E-state index in [0.29, 0.717) is 0 Å². The maximum atomic E-state index is 12.0. The highest BCUT2D eigenvalue weighted by atomic mass is 31.2. The van der Waals surface area contributed by atoms with Crippen molar-refractivity contribution in [2.24, 2.45) is 0 Å². The molecule has 0 bridgehead atoms. The molecule has 0 unspecified atom stereocenters. The predicted octanol–water partition coefficient (Wildman–Crippen LogP) is 3.46. The van der Waals surface area contributed by atoms with Gasteiger partial charge in [-0.05, 0) is 6.92 Å². The lowest BCUT2D eigenvalue weighted by Gasteiger charge is -2.19. The number of hydrogen-bond donors (Lipinski definition) is 0. The first-order chi connectivity index (χ1) is 9.78. The molecule has 0 aromatic carbocycles. The molecule has 0 aliphatic carbocycles. The van der Waals surface area contributed by atoms with Crippen LogP contribution in [0.3, 0.4) is 0 Å². The fourth-order valence-corrected chi connectivity index (χ4v) is 2.45. The molecule has 5 nitrogen and oxygen atoms in total. The summed E-state index contributed by atoms with van der Waals surface area (Å²) in [6.45, 7) is -2.93. The molecule has 0 aliphatic rings. The minimum Gasteiger partial charge on any atom is -0.466 e. The van der Waals surface area contributed by atoms with Crippen LogP contribution in [0.4, 0.5) is 26.3 Å². The van der Waals surface area contributed by atoms with Gasteiger partial charge in [-0.25, -0.2) is 4.79 Å². The molecule has 0 saturated carbocycles. The molecule has 0 amide bonds. The average molecular weight is 358 g/mol. The van der Waals surface area contributed by atoms with Crippen LogP contribution in [-0.2, 0) is 23.1 Å². The third-order valence-corrected chi connectivity index (χ3v) is 3.65. The van der Waals surface area contributed by atoms with Gasteiger partial charge in [0.2, 0.25) is 0 Å². The SMILES string of the molecule is COC(=O)/C(C)=C/CP(=O)(OCC(F)(F)F)OCC(F)(F)F. The van der Waals surface area contributed by atoms with E-state index in [9.17, 15) is 35.7 Å². The molecule has 12 heteroatoms. The molecule has 0 aromatic rings. The van der Waals surface area contributed by atoms with E-state index in [2.05, 4.69) is 13.8 Å². The van der Waals surface area contributed by atoms with Gasteiger partial charge in [0, 0.05) is 5.57 Å². The van der Waals surface area contributed by atoms with E-state index in [4.69, 9.17) is 0 Å². The fraction of sp³-hybridized carbons (Fsp3) is 0.700. The van der Waals surface area contributed by atoms with Gasteiger partial charge in [0.15, 0.2) is 13.2 Å². The Bertz CT molecular complexity index is 434. The molecule has 0 N–H and O–H groups in total. The van der Waals surface area contributed by atoms with Gasteiger partial charge >= 0.3 is 25.9 Å². The lowest BCUT2D eigenvalue weighted by molar-refractivity contribution is -0.165. The molecular weight excluding hydrogens is 345 g/mol. The van der Waals surface area contributed by atoms with Crippen molar-refractivity contribution in [1.82, 2.24) is 0 Å². The van der Waals surface area contributed by atoms with Crippen LogP contribution >= 0.6 is 7.60 Å². The van der Waals surface area contributed by atoms with Crippen molar-refractivity contribution in [3.05, 3.63) is 11.6 Å². The van der Waals surface area contributed by atoms with E-state index < -0.39 is 45.3 Å². The predicted molar refractivity (Wildman–Crippen MR) is 62.3 cm³/mol. The molecule has 0 aromatic heterocycles. The zero-order valence-corrected chi connectivity index (χ0v) is 12.3. The van der Waals surface area contributed by atoms with Crippen molar-refractivity contribution in [1.29, 1.82) is 0 Å². The largest absolute Gasteiger partial charge is 0.466 e. The Kier molecular flexibility index (Phi) is 7.60. The summed E-state index contributed by atoms with van der Waals surface area (Å²) in [5.41, 5.74) is -0.172. The summed E-state index contributed by atoms with van der Waals surface area (Å²) in [7, 11) is -3.73. The molecule has 0 heterocycles. The van der Waals surface area contributed by atoms with Gasteiger partial charge in [0.1, 0.15) is 0 Å². The fourth-order valence-electron chi connectivity index (χ4n) is 0.979. The van der Waals surface area contributed by atoms with Gasteiger partial charge in [-0.15, -0.1) is 0 Å². The summed E-state index contributed by atoms with van der Waals surface area (Å²) in [4.78, 5) is 11.0. The molecule has 130 valence electrons. The third-order valence-electron chi connectivity index (χ3n) is 1.98. The van der Waals surface area contributed by atoms with Crippen molar-refractivity contribution < 1.29 is 49.5 Å². The Labute approximate surface area is 121 Å². The number of allylic oxidation sites excluding steroid dienone is 1. The molecule has 0 fully saturated rings. The highest BCUT2D eigenvalue weighted by Crippen LogP contribution is 2.50. The maximum Gasteiger partial charge on any atom is 0.412 e. The molecule has 0 rings (SSSR count). The number of halogens is 6. The summed E-state index contributed by atoms with van der Waals surface area (Å²) in [6, 6.07) is 0. The minimum absolute atomic E-state index is 0.172. The van der Waals surface area contributed by atoms with Gasteiger partial charge < -0.3 is 4.74 Å². The number of hydrogen-bond acceptors (Lipinski definition) is 5. The number of esters is 1. The molecular formula is C10H13F6O5P. The Morgan fingerprint density at radius 3 is 1.77 bits per heavy atom. The average Bonchev–Trinajstić information content (AvgIpc) is 2.38. The molecule has 0 atom stereocenters. The van der Waals surface area contributed by atoms with E-state index in [-0.39, 0.29) is 5.57 Å². The van der Waals surface area contributed by atoms with Crippen LogP contribution in [0.25, 0.3) is 0 Å². The quantitative estimate of drug-likeness (QED) is 0.302. The van der Waals surface area contributed by atoms with Crippen molar-refractivity contribution in [3.8, 4) is 0 Å². The van der Waals surface area contributed by atoms with Crippen LogP contribution in [0.5, 0.6) is 0 Å². The second-order valence-electron chi connectivity index (χ2n) is 3.95. The zero-order valence-electron chi connectivity index (χ0n) is 11.5. The molecule has 0 spiro atoms. The Morgan fingerprint density at radius 1 is 1.05 bits per heavy atom. The molecule has 22 heavy (non-hydrogen) atoms. The Morgan fingerprint density at radius 2 is 1.45 bits per heavy atom. The number of carbonyl (C=O) groups excluding carboxylic acids is 1. The van der Waals surface area contributed by atoms with Gasteiger partial charge in [-0.3, -0.25) is 13.6 Å². The summed E-state index contributed by atoms with van der Waals surface area (Å²) in [5.74, 6) is -0.891. The van der Waals surface area contributed by atoms with E-state index >= 15 is 0 Å². The normalized spacial score (nSPS) is 14.1. The van der Waals surface area contributed by atoms with Crippen molar-refractivity contribution in [3.63, 3.8) is 0 Å². The minimum atomic E-state index is -4.90. The van der Waals surface area contributed by atoms with Crippen molar-refractivity contribution in [2.75, 3.05) is 26.5 Å². The molecule has 0 radical (unpaired) electrons. The van der Waals surface area contributed by atoms with E-state index in [1.165, 1.54) is 6.92 Å². The highest BCUT2D eigenvalue weighted by Gasteiger charge is 2.38. The first-order valence-electron chi connectivity index (χ1n) is 5.55. The smallest absolute Gasteiger partial charge is 0.412 e. The van der Waals surface area contributed by atoms with Crippen LogP contribution in [0.2, 0.25) is 0 Å². The second kappa shape index (κ2) is 7.98.